The third-order valence-corrected chi connectivity index (χ3v) is 11.6. The highest BCUT2D eigenvalue weighted by molar-refractivity contribution is 6.29. The van der Waals surface area contributed by atoms with E-state index >= 15 is 0 Å². The van der Waals surface area contributed by atoms with Gasteiger partial charge >= 0.3 is 0 Å². The van der Waals surface area contributed by atoms with Gasteiger partial charge in [-0.3, -0.25) is 0 Å². The van der Waals surface area contributed by atoms with E-state index in [2.05, 4.69) is 216 Å². The molecule has 3 nitrogen and oxygen atoms in total. The van der Waals surface area contributed by atoms with Gasteiger partial charge in [-0.15, -0.1) is 0 Å². The molecule has 0 saturated heterocycles. The number of benzene rings is 8. The molecule has 8 aromatic carbocycles. The lowest BCUT2D eigenvalue weighted by Gasteiger charge is -2.23. The van der Waals surface area contributed by atoms with Gasteiger partial charge in [-0.25, -0.2) is 0 Å². The normalized spacial score (nSPS) is 12.3. The second kappa shape index (κ2) is 11.8. The molecule has 0 amide bonds. The zero-order chi connectivity index (χ0) is 36.8. The van der Waals surface area contributed by atoms with Crippen molar-refractivity contribution in [3.05, 3.63) is 188 Å². The van der Waals surface area contributed by atoms with Crippen molar-refractivity contribution in [1.29, 1.82) is 0 Å². The van der Waals surface area contributed by atoms with Gasteiger partial charge in [0.25, 0.3) is 0 Å². The third kappa shape index (κ3) is 4.69. The summed E-state index contributed by atoms with van der Waals surface area (Å²) in [5.41, 5.74) is 14.5. The van der Waals surface area contributed by atoms with E-state index in [-0.39, 0.29) is 5.41 Å². The van der Waals surface area contributed by atoms with Crippen LogP contribution in [0.15, 0.2) is 182 Å². The summed E-state index contributed by atoms with van der Waals surface area (Å²) in [7, 11) is 0. The minimum atomic E-state index is -0.0209. The lowest BCUT2D eigenvalue weighted by molar-refractivity contribution is 0.590. The number of fused-ring (bicyclic) bond motifs is 10. The van der Waals surface area contributed by atoms with Crippen LogP contribution in [0.4, 0.5) is 0 Å². The third-order valence-electron chi connectivity index (χ3n) is 11.6. The molecule has 3 heterocycles. The Morgan fingerprint density at radius 3 is 1.40 bits per heavy atom. The van der Waals surface area contributed by atoms with Crippen LogP contribution in [0.2, 0.25) is 0 Å². The Morgan fingerprint density at radius 1 is 0.345 bits per heavy atom. The smallest absolute Gasteiger partial charge is 0.0549 e. The highest BCUT2D eigenvalue weighted by Gasteiger charge is 2.24. The number of nitrogens with zero attached hydrogens (tertiary/aromatic N) is 3. The van der Waals surface area contributed by atoms with Crippen molar-refractivity contribution in [2.24, 2.45) is 0 Å². The van der Waals surface area contributed by atoms with E-state index in [4.69, 9.17) is 0 Å². The van der Waals surface area contributed by atoms with Crippen LogP contribution in [-0.4, -0.2) is 13.7 Å². The second-order valence-electron chi connectivity index (χ2n) is 15.8. The molecule has 0 N–H and O–H groups in total. The average Bonchev–Trinajstić information content (AvgIpc) is 3.86. The summed E-state index contributed by atoms with van der Waals surface area (Å²) in [5, 5.41) is 7.60. The molecular weight excluding hydrogens is 667 g/mol. The highest BCUT2D eigenvalue weighted by atomic mass is 15.0. The average molecular weight is 706 g/mol. The maximum Gasteiger partial charge on any atom is 0.0549 e. The Morgan fingerprint density at radius 2 is 0.800 bits per heavy atom. The number of hydrogen-bond donors (Lipinski definition) is 0. The standard InChI is InChI=1S/C52H39N3/c1-52(2,3)35-27-29-46(41(33-35)34-26-28-47-42(32-34)38-20-10-13-23-43(38)53(47)36-16-6-4-7-17-36)55-45-25-15-12-22-40(45)51-49(55)31-30-48-50(51)39-21-11-14-24-44(39)54(48)37-18-8-5-9-19-37/h4-33H,1-3H3. The number of hydrogen-bond acceptors (Lipinski definition) is 0. The molecule has 3 aromatic heterocycles. The molecule has 0 unspecified atom stereocenters. The summed E-state index contributed by atoms with van der Waals surface area (Å²) in [5.74, 6) is 0. The van der Waals surface area contributed by atoms with E-state index in [1.54, 1.807) is 0 Å². The quantitative estimate of drug-likeness (QED) is 0.173. The summed E-state index contributed by atoms with van der Waals surface area (Å²) in [4.78, 5) is 0. The van der Waals surface area contributed by atoms with Gasteiger partial charge in [0.15, 0.2) is 0 Å². The fraction of sp³-hybridized carbons (Fsp3) is 0.0769. The van der Waals surface area contributed by atoms with Crippen LogP contribution in [0.1, 0.15) is 26.3 Å². The van der Waals surface area contributed by atoms with Crippen molar-refractivity contribution < 1.29 is 0 Å². The fourth-order valence-corrected chi connectivity index (χ4v) is 9.06. The van der Waals surface area contributed by atoms with Crippen molar-refractivity contribution >= 4 is 65.4 Å². The van der Waals surface area contributed by atoms with Gasteiger partial charge in [0.2, 0.25) is 0 Å². The van der Waals surface area contributed by atoms with Crippen LogP contribution in [0.3, 0.4) is 0 Å². The molecule has 262 valence electrons. The van der Waals surface area contributed by atoms with Gasteiger partial charge < -0.3 is 13.7 Å². The second-order valence-corrected chi connectivity index (χ2v) is 15.8. The molecule has 0 aliphatic heterocycles. The molecule has 0 saturated carbocycles. The van der Waals surface area contributed by atoms with Crippen molar-refractivity contribution in [2.75, 3.05) is 0 Å². The summed E-state index contributed by atoms with van der Waals surface area (Å²) in [6.07, 6.45) is 0. The molecule has 0 aliphatic rings. The molecule has 0 spiro atoms. The SMILES string of the molecule is CC(C)(C)c1ccc(-n2c3ccccc3c3c4c5ccccc5n(-c5ccccc5)c4ccc32)c(-c2ccc3c(c2)c2ccccc2n3-c2ccccc2)c1. The minimum absolute atomic E-state index is 0.0209. The molecule has 0 fully saturated rings. The van der Waals surface area contributed by atoms with Crippen molar-refractivity contribution in [3.8, 4) is 28.2 Å². The molecule has 11 aromatic rings. The highest BCUT2D eigenvalue weighted by Crippen LogP contribution is 2.45. The molecule has 55 heavy (non-hydrogen) atoms. The molecule has 3 heteroatoms. The Bertz CT molecular complexity index is 3280. The van der Waals surface area contributed by atoms with Crippen molar-refractivity contribution in [1.82, 2.24) is 13.7 Å². The molecule has 0 radical (unpaired) electrons. The Balaban J connectivity index is 1.23. The van der Waals surface area contributed by atoms with Crippen LogP contribution in [0, 0.1) is 0 Å². The van der Waals surface area contributed by atoms with Crippen LogP contribution < -0.4 is 0 Å². The predicted molar refractivity (Wildman–Crippen MR) is 234 cm³/mol. The molecule has 0 atom stereocenters. The van der Waals surface area contributed by atoms with Gasteiger partial charge in [-0.2, -0.15) is 0 Å². The number of rotatable bonds is 4. The Labute approximate surface area is 319 Å². The van der Waals surface area contributed by atoms with Crippen LogP contribution >= 0.6 is 0 Å². The topological polar surface area (TPSA) is 14.8 Å². The van der Waals surface area contributed by atoms with E-state index in [0.29, 0.717) is 0 Å². The summed E-state index contributed by atoms with van der Waals surface area (Å²) >= 11 is 0. The summed E-state index contributed by atoms with van der Waals surface area (Å²) in [6, 6.07) is 66.9. The first-order valence-electron chi connectivity index (χ1n) is 19.2. The first-order valence-corrected chi connectivity index (χ1v) is 19.2. The predicted octanol–water partition coefficient (Wildman–Crippen LogP) is 13.9. The van der Waals surface area contributed by atoms with Crippen LogP contribution in [0.5, 0.6) is 0 Å². The number of aromatic nitrogens is 3. The first-order chi connectivity index (χ1) is 27.0. The molecule has 0 bridgehead atoms. The molecule has 0 aliphatic carbocycles. The number of para-hydroxylation sites is 5. The zero-order valence-electron chi connectivity index (χ0n) is 31.2. The van der Waals surface area contributed by atoms with E-state index < -0.39 is 0 Å². The first kappa shape index (κ1) is 31.7. The maximum atomic E-state index is 2.51. The Kier molecular flexibility index (Phi) is 6.81. The van der Waals surface area contributed by atoms with Gasteiger partial charge in [-0.05, 0) is 95.4 Å². The van der Waals surface area contributed by atoms with E-state index in [0.717, 1.165) is 0 Å². The lowest BCUT2D eigenvalue weighted by atomic mass is 9.84. The summed E-state index contributed by atoms with van der Waals surface area (Å²) in [6.45, 7) is 6.92. The van der Waals surface area contributed by atoms with E-state index in [1.165, 1.54) is 99.2 Å². The van der Waals surface area contributed by atoms with Crippen molar-refractivity contribution in [2.45, 2.75) is 26.2 Å². The summed E-state index contributed by atoms with van der Waals surface area (Å²) < 4.78 is 7.32. The van der Waals surface area contributed by atoms with Crippen LogP contribution in [-0.2, 0) is 5.41 Å². The van der Waals surface area contributed by atoms with Gasteiger partial charge in [0, 0.05) is 49.3 Å². The van der Waals surface area contributed by atoms with E-state index in [1.807, 2.05) is 0 Å². The van der Waals surface area contributed by atoms with Gasteiger partial charge in [-0.1, -0.05) is 124 Å². The van der Waals surface area contributed by atoms with E-state index in [9.17, 15) is 0 Å². The molecule has 11 rings (SSSR count). The Hall–Kier alpha value is -6.84. The zero-order valence-corrected chi connectivity index (χ0v) is 31.2. The molecular formula is C52H39N3. The lowest BCUT2D eigenvalue weighted by Crippen LogP contribution is -2.11. The van der Waals surface area contributed by atoms with Crippen LogP contribution in [0.25, 0.3) is 93.6 Å². The maximum absolute atomic E-state index is 2.51. The van der Waals surface area contributed by atoms with Gasteiger partial charge in [0.05, 0.1) is 38.8 Å². The monoisotopic (exact) mass is 705 g/mol. The fourth-order valence-electron chi connectivity index (χ4n) is 9.06. The van der Waals surface area contributed by atoms with Crippen molar-refractivity contribution in [3.63, 3.8) is 0 Å². The largest absolute Gasteiger partial charge is 0.309 e. The van der Waals surface area contributed by atoms with Gasteiger partial charge in [0.1, 0.15) is 0 Å². The minimum Gasteiger partial charge on any atom is -0.309 e.